The van der Waals surface area contributed by atoms with E-state index in [1.807, 2.05) is 0 Å². The van der Waals surface area contributed by atoms with Crippen molar-refractivity contribution in [1.29, 1.82) is 0 Å². The third kappa shape index (κ3) is 3.06. The first kappa shape index (κ1) is 11.6. The summed E-state index contributed by atoms with van der Waals surface area (Å²) in [7, 11) is 0. The molecule has 0 bridgehead atoms. The molecule has 0 saturated carbocycles. The van der Waals surface area contributed by atoms with Gasteiger partial charge in [-0.05, 0) is 25.8 Å². The molecule has 1 aromatic rings. The minimum atomic E-state index is 0.657. The lowest BCUT2D eigenvalue weighted by Gasteiger charge is -2.32. The Hall–Kier alpha value is -0.860. The normalized spacial score (nSPS) is 19.6. The molecule has 0 aliphatic carbocycles. The van der Waals surface area contributed by atoms with Crippen molar-refractivity contribution in [2.45, 2.75) is 26.3 Å². The average Bonchev–Trinajstić information content (AvgIpc) is 2.33. The van der Waals surface area contributed by atoms with Gasteiger partial charge in [-0.2, -0.15) is 0 Å². The lowest BCUT2D eigenvalue weighted by Crippen LogP contribution is -2.48. The van der Waals surface area contributed by atoms with Gasteiger partial charge >= 0.3 is 0 Å². The van der Waals surface area contributed by atoms with Crippen LogP contribution in [0.5, 0.6) is 0 Å². The van der Waals surface area contributed by atoms with Crippen molar-refractivity contribution in [3.05, 3.63) is 35.4 Å². The van der Waals surface area contributed by atoms with E-state index in [1.165, 1.54) is 30.6 Å². The van der Waals surface area contributed by atoms with E-state index in [-0.39, 0.29) is 0 Å². The maximum absolute atomic E-state index is 3.40. The predicted octanol–water partition coefficient (Wildman–Crippen LogP) is 1.83. The van der Waals surface area contributed by atoms with Crippen LogP contribution in [0.1, 0.15) is 18.1 Å². The van der Waals surface area contributed by atoms with Crippen LogP contribution >= 0.6 is 0 Å². The van der Waals surface area contributed by atoms with Gasteiger partial charge in [-0.25, -0.2) is 0 Å². The SMILES string of the molecule is Cc1ccc(CC(C)N2CCNCC2)cc1. The average molecular weight is 218 g/mol. The van der Waals surface area contributed by atoms with Crippen molar-refractivity contribution in [3.8, 4) is 0 Å². The van der Waals surface area contributed by atoms with E-state index in [0.717, 1.165) is 13.1 Å². The maximum atomic E-state index is 3.40. The molecule has 0 radical (unpaired) electrons. The summed E-state index contributed by atoms with van der Waals surface area (Å²) in [6, 6.07) is 9.59. The second kappa shape index (κ2) is 5.46. The van der Waals surface area contributed by atoms with Crippen LogP contribution in [-0.2, 0) is 6.42 Å². The number of hydrogen-bond acceptors (Lipinski definition) is 2. The van der Waals surface area contributed by atoms with Gasteiger partial charge in [0, 0.05) is 32.2 Å². The van der Waals surface area contributed by atoms with Gasteiger partial charge in [0.05, 0.1) is 0 Å². The molecule has 1 heterocycles. The summed E-state index contributed by atoms with van der Waals surface area (Å²) in [6.45, 7) is 9.13. The molecule has 1 unspecified atom stereocenters. The fraction of sp³-hybridized carbons (Fsp3) is 0.571. The number of nitrogens with zero attached hydrogens (tertiary/aromatic N) is 1. The Morgan fingerprint density at radius 1 is 1.19 bits per heavy atom. The van der Waals surface area contributed by atoms with Gasteiger partial charge in [0.25, 0.3) is 0 Å². The second-order valence-corrected chi connectivity index (χ2v) is 4.82. The van der Waals surface area contributed by atoms with Crippen molar-refractivity contribution >= 4 is 0 Å². The first-order chi connectivity index (χ1) is 7.75. The number of benzene rings is 1. The van der Waals surface area contributed by atoms with E-state index in [1.54, 1.807) is 0 Å². The second-order valence-electron chi connectivity index (χ2n) is 4.82. The van der Waals surface area contributed by atoms with Gasteiger partial charge in [-0.3, -0.25) is 4.90 Å². The van der Waals surface area contributed by atoms with Gasteiger partial charge < -0.3 is 5.32 Å². The van der Waals surface area contributed by atoms with Gasteiger partial charge in [0.2, 0.25) is 0 Å². The Bertz CT molecular complexity index is 312. The Morgan fingerprint density at radius 2 is 1.81 bits per heavy atom. The lowest BCUT2D eigenvalue weighted by atomic mass is 10.0. The highest BCUT2D eigenvalue weighted by Gasteiger charge is 2.16. The van der Waals surface area contributed by atoms with Crippen LogP contribution in [0.3, 0.4) is 0 Å². The third-order valence-corrected chi connectivity index (χ3v) is 3.43. The molecule has 1 atom stereocenters. The summed E-state index contributed by atoms with van der Waals surface area (Å²) >= 11 is 0. The van der Waals surface area contributed by atoms with E-state index in [9.17, 15) is 0 Å². The molecular formula is C14H22N2. The number of nitrogens with one attached hydrogen (secondary N) is 1. The molecule has 1 aliphatic rings. The van der Waals surface area contributed by atoms with Crippen LogP contribution in [0.15, 0.2) is 24.3 Å². The fourth-order valence-electron chi connectivity index (χ4n) is 2.32. The molecular weight excluding hydrogens is 196 g/mol. The van der Waals surface area contributed by atoms with Crippen molar-refractivity contribution < 1.29 is 0 Å². The minimum absolute atomic E-state index is 0.657. The molecule has 1 aliphatic heterocycles. The highest BCUT2D eigenvalue weighted by atomic mass is 15.2. The summed E-state index contributed by atoms with van der Waals surface area (Å²) in [5.41, 5.74) is 2.80. The van der Waals surface area contributed by atoms with Crippen LogP contribution < -0.4 is 5.32 Å². The van der Waals surface area contributed by atoms with Crippen molar-refractivity contribution in [3.63, 3.8) is 0 Å². The van der Waals surface area contributed by atoms with E-state index in [2.05, 4.69) is 48.3 Å². The Morgan fingerprint density at radius 3 is 2.44 bits per heavy atom. The predicted molar refractivity (Wildman–Crippen MR) is 68.8 cm³/mol. The Balaban J connectivity index is 1.90. The third-order valence-electron chi connectivity index (χ3n) is 3.43. The topological polar surface area (TPSA) is 15.3 Å². The van der Waals surface area contributed by atoms with E-state index >= 15 is 0 Å². The maximum Gasteiger partial charge on any atom is 0.0110 e. The largest absolute Gasteiger partial charge is 0.314 e. The van der Waals surface area contributed by atoms with Crippen LogP contribution in [0.25, 0.3) is 0 Å². The molecule has 88 valence electrons. The van der Waals surface area contributed by atoms with Crippen LogP contribution in [0.4, 0.5) is 0 Å². The summed E-state index contributed by atoms with van der Waals surface area (Å²) in [4.78, 5) is 2.58. The standard InChI is InChI=1S/C14H22N2/c1-12-3-5-14(6-4-12)11-13(2)16-9-7-15-8-10-16/h3-6,13,15H,7-11H2,1-2H3. The number of rotatable bonds is 3. The van der Waals surface area contributed by atoms with Gasteiger partial charge in [0.1, 0.15) is 0 Å². The molecule has 1 N–H and O–H groups in total. The zero-order valence-corrected chi connectivity index (χ0v) is 10.4. The fourth-order valence-corrected chi connectivity index (χ4v) is 2.32. The zero-order chi connectivity index (χ0) is 11.4. The van der Waals surface area contributed by atoms with E-state index < -0.39 is 0 Å². The highest BCUT2D eigenvalue weighted by Crippen LogP contribution is 2.10. The first-order valence-electron chi connectivity index (χ1n) is 6.26. The number of piperazine rings is 1. The molecule has 1 fully saturated rings. The quantitative estimate of drug-likeness (QED) is 0.832. The van der Waals surface area contributed by atoms with Crippen LogP contribution in [0, 0.1) is 6.92 Å². The molecule has 0 spiro atoms. The summed E-state index contributed by atoms with van der Waals surface area (Å²) in [5.74, 6) is 0. The Labute approximate surface area is 98.7 Å². The van der Waals surface area contributed by atoms with Crippen LogP contribution in [-0.4, -0.2) is 37.1 Å². The van der Waals surface area contributed by atoms with Gasteiger partial charge in [0.15, 0.2) is 0 Å². The van der Waals surface area contributed by atoms with Crippen molar-refractivity contribution in [2.24, 2.45) is 0 Å². The molecule has 0 amide bonds. The monoisotopic (exact) mass is 218 g/mol. The molecule has 0 aromatic heterocycles. The highest BCUT2D eigenvalue weighted by molar-refractivity contribution is 5.22. The van der Waals surface area contributed by atoms with E-state index in [4.69, 9.17) is 0 Å². The van der Waals surface area contributed by atoms with Crippen molar-refractivity contribution in [2.75, 3.05) is 26.2 Å². The summed E-state index contributed by atoms with van der Waals surface area (Å²) in [5, 5.41) is 3.40. The summed E-state index contributed by atoms with van der Waals surface area (Å²) in [6.07, 6.45) is 1.17. The zero-order valence-electron chi connectivity index (χ0n) is 10.4. The number of hydrogen-bond donors (Lipinski definition) is 1. The Kier molecular flexibility index (Phi) is 3.97. The molecule has 2 rings (SSSR count). The molecule has 2 nitrogen and oxygen atoms in total. The molecule has 2 heteroatoms. The molecule has 1 aromatic carbocycles. The minimum Gasteiger partial charge on any atom is -0.314 e. The van der Waals surface area contributed by atoms with Crippen LogP contribution in [0.2, 0.25) is 0 Å². The molecule has 16 heavy (non-hydrogen) atoms. The summed E-state index contributed by atoms with van der Waals surface area (Å²) < 4.78 is 0. The van der Waals surface area contributed by atoms with Gasteiger partial charge in [-0.1, -0.05) is 29.8 Å². The van der Waals surface area contributed by atoms with E-state index in [0.29, 0.717) is 6.04 Å². The first-order valence-corrected chi connectivity index (χ1v) is 6.26. The lowest BCUT2D eigenvalue weighted by molar-refractivity contribution is 0.183. The smallest absolute Gasteiger partial charge is 0.0110 e. The number of aryl methyl sites for hydroxylation is 1. The van der Waals surface area contributed by atoms with Crippen molar-refractivity contribution in [1.82, 2.24) is 10.2 Å². The molecule has 1 saturated heterocycles. The van der Waals surface area contributed by atoms with Gasteiger partial charge in [-0.15, -0.1) is 0 Å².